The van der Waals surface area contributed by atoms with Crippen molar-refractivity contribution in [3.05, 3.63) is 70.8 Å². The summed E-state index contributed by atoms with van der Waals surface area (Å²) in [7, 11) is 1.86. The number of likely N-dealkylation sites (N-methyl/N-ethyl adjacent to an activating group) is 1. The Hall–Kier alpha value is -1.74. The van der Waals surface area contributed by atoms with Gasteiger partial charge in [-0.05, 0) is 62.6 Å². The van der Waals surface area contributed by atoms with Gasteiger partial charge in [-0.3, -0.25) is 0 Å². The van der Waals surface area contributed by atoms with Gasteiger partial charge in [0.05, 0.1) is 0 Å². The number of aryl methyl sites for hydroxylation is 2. The molecule has 0 aliphatic rings. The van der Waals surface area contributed by atoms with Crippen LogP contribution in [0.4, 0.5) is 8.78 Å². The van der Waals surface area contributed by atoms with Crippen molar-refractivity contribution in [1.29, 1.82) is 0 Å². The second-order valence-electron chi connectivity index (χ2n) is 5.45. The van der Waals surface area contributed by atoms with Gasteiger partial charge in [-0.15, -0.1) is 0 Å². The topological polar surface area (TPSA) is 12.0 Å². The summed E-state index contributed by atoms with van der Waals surface area (Å²) < 4.78 is 26.9. The molecule has 0 radical (unpaired) electrons. The lowest BCUT2D eigenvalue weighted by Gasteiger charge is -2.17. The molecule has 1 unspecified atom stereocenters. The van der Waals surface area contributed by atoms with E-state index >= 15 is 0 Å². The summed E-state index contributed by atoms with van der Waals surface area (Å²) in [5.41, 5.74) is 2.94. The fraction of sp³-hybridized carbons (Fsp3) is 0.333. The molecule has 0 heterocycles. The number of rotatable bonds is 6. The average molecular weight is 289 g/mol. The maximum Gasteiger partial charge on any atom is 0.126 e. The normalized spacial score (nSPS) is 12.4. The van der Waals surface area contributed by atoms with Gasteiger partial charge in [0, 0.05) is 6.04 Å². The third-order valence-corrected chi connectivity index (χ3v) is 3.75. The number of hydrogen-bond donors (Lipinski definition) is 1. The zero-order chi connectivity index (χ0) is 15.2. The van der Waals surface area contributed by atoms with Gasteiger partial charge in [0.25, 0.3) is 0 Å². The molecule has 0 saturated heterocycles. The van der Waals surface area contributed by atoms with E-state index in [-0.39, 0.29) is 17.7 Å². The van der Waals surface area contributed by atoms with Crippen LogP contribution in [-0.4, -0.2) is 13.1 Å². The summed E-state index contributed by atoms with van der Waals surface area (Å²) in [5, 5.41) is 3.19. The van der Waals surface area contributed by atoms with Crippen LogP contribution in [0, 0.1) is 18.6 Å². The van der Waals surface area contributed by atoms with E-state index in [9.17, 15) is 8.78 Å². The highest BCUT2D eigenvalue weighted by Gasteiger charge is 2.12. The van der Waals surface area contributed by atoms with Gasteiger partial charge in [-0.1, -0.05) is 29.8 Å². The van der Waals surface area contributed by atoms with E-state index in [4.69, 9.17) is 0 Å². The van der Waals surface area contributed by atoms with Crippen LogP contribution in [0.1, 0.15) is 23.1 Å². The molecule has 2 aromatic carbocycles. The SMILES string of the molecule is CNC(CCc1cccc(C)c1)Cc1cc(F)ccc1F. The first-order valence-electron chi connectivity index (χ1n) is 7.25. The molecule has 2 aromatic rings. The van der Waals surface area contributed by atoms with Crippen LogP contribution < -0.4 is 5.32 Å². The molecule has 0 bridgehead atoms. The molecule has 0 saturated carbocycles. The van der Waals surface area contributed by atoms with Crippen LogP contribution in [0.2, 0.25) is 0 Å². The van der Waals surface area contributed by atoms with Crippen molar-refractivity contribution >= 4 is 0 Å². The van der Waals surface area contributed by atoms with Crippen molar-refractivity contribution in [2.24, 2.45) is 0 Å². The number of benzene rings is 2. The highest BCUT2D eigenvalue weighted by Crippen LogP contribution is 2.15. The van der Waals surface area contributed by atoms with Crippen LogP contribution >= 0.6 is 0 Å². The standard InChI is InChI=1S/C18H21F2N/c1-13-4-3-5-14(10-13)6-8-17(21-2)12-15-11-16(19)7-9-18(15)20/h3-5,7,9-11,17,21H,6,8,12H2,1-2H3. The Morgan fingerprint density at radius 3 is 2.62 bits per heavy atom. The van der Waals surface area contributed by atoms with Gasteiger partial charge >= 0.3 is 0 Å². The first-order chi connectivity index (χ1) is 10.1. The fourth-order valence-corrected chi connectivity index (χ4v) is 2.52. The quantitative estimate of drug-likeness (QED) is 0.846. The van der Waals surface area contributed by atoms with E-state index in [1.54, 1.807) is 0 Å². The van der Waals surface area contributed by atoms with Crippen molar-refractivity contribution in [3.8, 4) is 0 Å². The molecule has 0 fully saturated rings. The second-order valence-corrected chi connectivity index (χ2v) is 5.45. The zero-order valence-electron chi connectivity index (χ0n) is 12.5. The third kappa shape index (κ3) is 4.64. The van der Waals surface area contributed by atoms with Crippen molar-refractivity contribution in [1.82, 2.24) is 5.32 Å². The van der Waals surface area contributed by atoms with Gasteiger partial charge in [0.2, 0.25) is 0 Å². The van der Waals surface area contributed by atoms with E-state index in [0.29, 0.717) is 12.0 Å². The minimum absolute atomic E-state index is 0.127. The Labute approximate surface area is 125 Å². The molecule has 112 valence electrons. The van der Waals surface area contributed by atoms with Crippen molar-refractivity contribution in [3.63, 3.8) is 0 Å². The molecular formula is C18H21F2N. The monoisotopic (exact) mass is 289 g/mol. The molecule has 1 atom stereocenters. The largest absolute Gasteiger partial charge is 0.317 e. The maximum atomic E-state index is 13.7. The van der Waals surface area contributed by atoms with E-state index in [1.807, 2.05) is 13.1 Å². The van der Waals surface area contributed by atoms with E-state index in [0.717, 1.165) is 18.9 Å². The van der Waals surface area contributed by atoms with Crippen LogP contribution in [0.25, 0.3) is 0 Å². The molecule has 0 aromatic heterocycles. The Kier molecular flexibility index (Phi) is 5.45. The minimum Gasteiger partial charge on any atom is -0.317 e. The Morgan fingerprint density at radius 1 is 1.10 bits per heavy atom. The molecule has 0 amide bonds. The lowest BCUT2D eigenvalue weighted by Crippen LogP contribution is -2.28. The summed E-state index contributed by atoms with van der Waals surface area (Å²) >= 11 is 0. The number of nitrogens with one attached hydrogen (secondary N) is 1. The van der Waals surface area contributed by atoms with Crippen molar-refractivity contribution in [2.75, 3.05) is 7.05 Å². The lowest BCUT2D eigenvalue weighted by molar-refractivity contribution is 0.500. The number of hydrogen-bond acceptors (Lipinski definition) is 1. The second kappa shape index (κ2) is 7.32. The summed E-state index contributed by atoms with van der Waals surface area (Å²) in [6, 6.07) is 12.1. The van der Waals surface area contributed by atoms with Crippen molar-refractivity contribution in [2.45, 2.75) is 32.2 Å². The summed E-state index contributed by atoms with van der Waals surface area (Å²) in [6.45, 7) is 2.07. The van der Waals surface area contributed by atoms with Crippen molar-refractivity contribution < 1.29 is 8.78 Å². The molecule has 0 spiro atoms. The van der Waals surface area contributed by atoms with Crippen LogP contribution in [0.3, 0.4) is 0 Å². The van der Waals surface area contributed by atoms with Gasteiger partial charge in [0.1, 0.15) is 11.6 Å². The van der Waals surface area contributed by atoms with E-state index in [1.165, 1.54) is 23.3 Å². The third-order valence-electron chi connectivity index (χ3n) is 3.75. The van der Waals surface area contributed by atoms with Gasteiger partial charge in [0.15, 0.2) is 0 Å². The molecule has 21 heavy (non-hydrogen) atoms. The fourth-order valence-electron chi connectivity index (χ4n) is 2.52. The first kappa shape index (κ1) is 15.6. The van der Waals surface area contributed by atoms with Crippen LogP contribution in [0.15, 0.2) is 42.5 Å². The van der Waals surface area contributed by atoms with Gasteiger partial charge in [-0.25, -0.2) is 8.78 Å². The molecule has 1 nitrogen and oxygen atoms in total. The molecule has 3 heteroatoms. The smallest absolute Gasteiger partial charge is 0.126 e. The Bertz CT molecular complexity index is 596. The van der Waals surface area contributed by atoms with Gasteiger partial charge in [-0.2, -0.15) is 0 Å². The maximum absolute atomic E-state index is 13.7. The molecule has 0 aliphatic carbocycles. The molecular weight excluding hydrogens is 268 g/mol. The summed E-state index contributed by atoms with van der Waals surface area (Å²) in [5.74, 6) is -0.729. The van der Waals surface area contributed by atoms with Gasteiger partial charge < -0.3 is 5.32 Å². The van der Waals surface area contributed by atoms with E-state index < -0.39 is 0 Å². The minimum atomic E-state index is -0.389. The molecule has 2 rings (SSSR count). The number of halogens is 2. The predicted molar refractivity (Wildman–Crippen MR) is 82.4 cm³/mol. The van der Waals surface area contributed by atoms with Crippen LogP contribution in [-0.2, 0) is 12.8 Å². The molecule has 0 aliphatic heterocycles. The average Bonchev–Trinajstić information content (AvgIpc) is 2.47. The highest BCUT2D eigenvalue weighted by atomic mass is 19.1. The zero-order valence-corrected chi connectivity index (χ0v) is 12.5. The molecule has 1 N–H and O–H groups in total. The first-order valence-corrected chi connectivity index (χ1v) is 7.25. The van der Waals surface area contributed by atoms with Crippen LogP contribution in [0.5, 0.6) is 0 Å². The lowest BCUT2D eigenvalue weighted by atomic mass is 9.98. The summed E-state index contributed by atoms with van der Waals surface area (Å²) in [6.07, 6.45) is 2.30. The Morgan fingerprint density at radius 2 is 1.90 bits per heavy atom. The summed E-state index contributed by atoms with van der Waals surface area (Å²) in [4.78, 5) is 0. The Balaban J connectivity index is 1.98. The predicted octanol–water partition coefficient (Wildman–Crippen LogP) is 4.04. The van der Waals surface area contributed by atoms with E-state index in [2.05, 4.69) is 30.4 Å². The highest BCUT2D eigenvalue weighted by molar-refractivity contribution is 5.23.